The first-order valence-electron chi connectivity index (χ1n) is 4.61. The van der Waals surface area contributed by atoms with Crippen LogP contribution in [0.3, 0.4) is 0 Å². The van der Waals surface area contributed by atoms with Gasteiger partial charge in [0, 0.05) is 19.6 Å². The number of nitrogens with zero attached hydrogens (tertiary/aromatic N) is 2. The molecule has 0 aliphatic heterocycles. The van der Waals surface area contributed by atoms with E-state index in [4.69, 9.17) is 0 Å². The predicted octanol–water partition coefficient (Wildman–Crippen LogP) is 1.61. The van der Waals surface area contributed by atoms with Crippen molar-refractivity contribution in [1.82, 2.24) is 10.0 Å². The highest BCUT2D eigenvalue weighted by molar-refractivity contribution is 5.86. The van der Waals surface area contributed by atoms with Gasteiger partial charge >= 0.3 is 0 Å². The van der Waals surface area contributed by atoms with Gasteiger partial charge in [-0.2, -0.15) is 0 Å². The molecule has 0 rings (SSSR count). The summed E-state index contributed by atoms with van der Waals surface area (Å²) in [5, 5.41) is 3.49. The molecule has 0 saturated carbocycles. The van der Waals surface area contributed by atoms with Gasteiger partial charge in [0.25, 0.3) is 5.91 Å². The van der Waals surface area contributed by atoms with Crippen LogP contribution >= 0.6 is 0 Å². The molecule has 14 heavy (non-hydrogen) atoms. The van der Waals surface area contributed by atoms with Crippen LogP contribution in [0.25, 0.3) is 0 Å². The van der Waals surface area contributed by atoms with Gasteiger partial charge in [-0.3, -0.25) is 9.80 Å². The number of carbonyl (C=O) groups is 1. The van der Waals surface area contributed by atoms with Crippen LogP contribution in [0, 0.1) is 0 Å². The lowest BCUT2D eigenvalue weighted by molar-refractivity contribution is -0.141. The Morgan fingerprint density at radius 2 is 1.71 bits per heavy atom. The number of rotatable bonds is 7. The Hall–Kier alpha value is -1.35. The lowest BCUT2D eigenvalue weighted by Crippen LogP contribution is -2.45. The molecule has 0 saturated heterocycles. The van der Waals surface area contributed by atoms with Crippen LogP contribution in [0.1, 0.15) is 6.92 Å². The molecule has 0 bridgehead atoms. The van der Waals surface area contributed by atoms with E-state index in [9.17, 15) is 4.79 Å². The number of hydrogen-bond donors (Lipinski definition) is 0. The Bertz CT molecular complexity index is 213. The maximum Gasteiger partial charge on any atom is 0.260 e. The fraction of sp³-hybridized carbons (Fsp3) is 0.364. The second-order valence-electron chi connectivity index (χ2n) is 2.71. The summed E-state index contributed by atoms with van der Waals surface area (Å²) in [6, 6.07) is 0. The van der Waals surface area contributed by atoms with Crippen LogP contribution in [0.4, 0.5) is 0 Å². The maximum atomic E-state index is 11.4. The van der Waals surface area contributed by atoms with E-state index in [1.807, 2.05) is 11.9 Å². The molecule has 0 heterocycles. The van der Waals surface area contributed by atoms with Crippen molar-refractivity contribution in [3.8, 4) is 0 Å². The average Bonchev–Trinajstić information content (AvgIpc) is 2.19. The van der Waals surface area contributed by atoms with Gasteiger partial charge in [0.1, 0.15) is 0 Å². The highest BCUT2D eigenvalue weighted by Gasteiger charge is 2.14. The first kappa shape index (κ1) is 12.7. The molecule has 0 aromatic heterocycles. The minimum Gasteiger partial charge on any atom is -0.271 e. The van der Waals surface area contributed by atoms with Crippen molar-refractivity contribution in [3.63, 3.8) is 0 Å². The van der Waals surface area contributed by atoms with E-state index in [1.54, 1.807) is 17.2 Å². The van der Waals surface area contributed by atoms with Crippen LogP contribution in [0.15, 0.2) is 38.0 Å². The van der Waals surface area contributed by atoms with Gasteiger partial charge in [0.2, 0.25) is 0 Å². The van der Waals surface area contributed by atoms with Gasteiger partial charge < -0.3 is 0 Å². The smallest absolute Gasteiger partial charge is 0.260 e. The molecular weight excluding hydrogens is 176 g/mol. The second-order valence-corrected chi connectivity index (χ2v) is 2.71. The van der Waals surface area contributed by atoms with E-state index in [0.717, 1.165) is 0 Å². The number of carbonyl (C=O) groups excluding carboxylic acids is 1. The van der Waals surface area contributed by atoms with E-state index in [1.165, 1.54) is 6.08 Å². The monoisotopic (exact) mass is 194 g/mol. The molecule has 0 aromatic rings. The van der Waals surface area contributed by atoms with Crippen LogP contribution in [-0.2, 0) is 4.79 Å². The van der Waals surface area contributed by atoms with Crippen molar-refractivity contribution >= 4 is 5.91 Å². The van der Waals surface area contributed by atoms with E-state index in [-0.39, 0.29) is 5.91 Å². The van der Waals surface area contributed by atoms with Crippen molar-refractivity contribution in [3.05, 3.63) is 38.0 Å². The summed E-state index contributed by atoms with van der Waals surface area (Å²) in [4.78, 5) is 11.4. The van der Waals surface area contributed by atoms with Crippen LogP contribution in [0.2, 0.25) is 0 Å². The van der Waals surface area contributed by atoms with E-state index in [0.29, 0.717) is 19.6 Å². The van der Waals surface area contributed by atoms with E-state index >= 15 is 0 Å². The quantitative estimate of drug-likeness (QED) is 0.349. The summed E-state index contributed by atoms with van der Waals surface area (Å²) >= 11 is 0. The summed E-state index contributed by atoms with van der Waals surface area (Å²) in [5.41, 5.74) is 0. The molecule has 0 fully saturated rings. The van der Waals surface area contributed by atoms with Crippen molar-refractivity contribution in [2.24, 2.45) is 0 Å². The highest BCUT2D eigenvalue weighted by Crippen LogP contribution is 2.00. The first-order chi connectivity index (χ1) is 6.71. The van der Waals surface area contributed by atoms with Crippen LogP contribution in [-0.4, -0.2) is 35.6 Å². The zero-order valence-corrected chi connectivity index (χ0v) is 8.78. The van der Waals surface area contributed by atoms with Crippen molar-refractivity contribution in [2.75, 3.05) is 19.6 Å². The maximum absolute atomic E-state index is 11.4. The van der Waals surface area contributed by atoms with Crippen LogP contribution < -0.4 is 0 Å². The normalized spacial score (nSPS) is 9.57. The van der Waals surface area contributed by atoms with Gasteiger partial charge in [0.15, 0.2) is 0 Å². The molecule has 0 aliphatic rings. The number of hydrazine groups is 1. The summed E-state index contributed by atoms with van der Waals surface area (Å²) in [7, 11) is 0. The summed E-state index contributed by atoms with van der Waals surface area (Å²) in [5.74, 6) is -0.101. The molecule has 0 radical (unpaired) electrons. The van der Waals surface area contributed by atoms with Gasteiger partial charge in [0.05, 0.1) is 0 Å². The minimum atomic E-state index is -0.101. The van der Waals surface area contributed by atoms with Gasteiger partial charge in [-0.05, 0) is 13.0 Å². The largest absolute Gasteiger partial charge is 0.271 e. The van der Waals surface area contributed by atoms with E-state index < -0.39 is 0 Å². The first-order valence-corrected chi connectivity index (χ1v) is 4.61. The van der Waals surface area contributed by atoms with Gasteiger partial charge in [-0.1, -0.05) is 18.7 Å². The molecule has 0 atom stereocenters. The topological polar surface area (TPSA) is 23.6 Å². The minimum absolute atomic E-state index is 0.101. The number of amides is 1. The lowest BCUT2D eigenvalue weighted by Gasteiger charge is -2.31. The molecule has 0 spiro atoms. The standard InChI is InChI=1S/C11H18N2O/c1-5-9-12(10-6-2)13(8-4)11(14)7-3/h5-7H,1-3,8-10H2,4H3. The zero-order valence-electron chi connectivity index (χ0n) is 8.78. The lowest BCUT2D eigenvalue weighted by atomic mass is 10.4. The fourth-order valence-electron chi connectivity index (χ4n) is 1.17. The number of hydrogen-bond acceptors (Lipinski definition) is 2. The van der Waals surface area contributed by atoms with Crippen molar-refractivity contribution in [2.45, 2.75) is 6.92 Å². The molecule has 3 heteroatoms. The molecule has 3 nitrogen and oxygen atoms in total. The van der Waals surface area contributed by atoms with Crippen LogP contribution in [0.5, 0.6) is 0 Å². The zero-order chi connectivity index (χ0) is 11.0. The third-order valence-electron chi connectivity index (χ3n) is 1.75. The van der Waals surface area contributed by atoms with Gasteiger partial charge in [-0.15, -0.1) is 13.2 Å². The summed E-state index contributed by atoms with van der Waals surface area (Å²) in [6.07, 6.45) is 4.81. The SMILES string of the molecule is C=CCN(CC=C)N(CC)C(=O)C=C. The average molecular weight is 194 g/mol. The summed E-state index contributed by atoms with van der Waals surface area (Å²) in [6.45, 7) is 14.5. The second kappa shape index (κ2) is 7.09. The Kier molecular flexibility index (Phi) is 6.41. The molecule has 0 aromatic carbocycles. The molecule has 0 N–H and O–H groups in total. The Balaban J connectivity index is 4.54. The molecule has 1 amide bonds. The van der Waals surface area contributed by atoms with Crippen molar-refractivity contribution in [1.29, 1.82) is 0 Å². The molecular formula is C11H18N2O. The number of likely N-dealkylation sites (N-methyl/N-ethyl adjacent to an activating group) is 1. The fourth-order valence-corrected chi connectivity index (χ4v) is 1.17. The molecule has 78 valence electrons. The Morgan fingerprint density at radius 1 is 1.21 bits per heavy atom. The van der Waals surface area contributed by atoms with Gasteiger partial charge in [-0.25, -0.2) is 5.01 Å². The Labute approximate surface area is 86.0 Å². The highest BCUT2D eigenvalue weighted by atomic mass is 16.2. The third-order valence-corrected chi connectivity index (χ3v) is 1.75. The molecule has 0 aliphatic carbocycles. The molecule has 0 unspecified atom stereocenters. The van der Waals surface area contributed by atoms with E-state index in [2.05, 4.69) is 19.7 Å². The van der Waals surface area contributed by atoms with Crippen molar-refractivity contribution < 1.29 is 4.79 Å². The summed E-state index contributed by atoms with van der Waals surface area (Å²) < 4.78 is 0. The predicted molar refractivity (Wildman–Crippen MR) is 59.6 cm³/mol. The Morgan fingerprint density at radius 3 is 2.00 bits per heavy atom. The third kappa shape index (κ3) is 3.58.